The van der Waals surface area contributed by atoms with Gasteiger partial charge in [-0.2, -0.15) is 0 Å². The smallest absolute Gasteiger partial charge is 0.290 e. The van der Waals surface area contributed by atoms with Crippen LogP contribution in [0.4, 0.5) is 0 Å². The molecule has 4 heterocycles. The molecule has 0 bridgehead atoms. The molecule has 5 rings (SSSR count). The fourth-order valence-corrected chi connectivity index (χ4v) is 5.27. The van der Waals surface area contributed by atoms with Gasteiger partial charge in [-0.15, -0.1) is 0 Å². The molecule has 2 saturated heterocycles. The van der Waals surface area contributed by atoms with Crippen molar-refractivity contribution in [1.82, 2.24) is 19.6 Å². The van der Waals surface area contributed by atoms with Crippen molar-refractivity contribution in [2.24, 2.45) is 0 Å². The summed E-state index contributed by atoms with van der Waals surface area (Å²) in [5, 5.41) is 0. The summed E-state index contributed by atoms with van der Waals surface area (Å²) in [5.41, 5.74) is 2.17. The molecule has 0 spiro atoms. The predicted octanol–water partition coefficient (Wildman–Crippen LogP) is 2.00. The second kappa shape index (κ2) is 10.0. The molecule has 3 aliphatic heterocycles. The fraction of sp³-hybridized carbons (Fsp3) is 0.500. The Morgan fingerprint density at radius 1 is 0.824 bits per heavy atom. The van der Waals surface area contributed by atoms with Crippen LogP contribution >= 0.6 is 0 Å². The third-order valence-electron chi connectivity index (χ3n) is 7.28. The van der Waals surface area contributed by atoms with Crippen molar-refractivity contribution >= 4 is 17.7 Å². The van der Waals surface area contributed by atoms with Crippen LogP contribution in [0.15, 0.2) is 47.1 Å². The molecule has 1 aromatic carbocycles. The number of piperazine rings is 1. The average Bonchev–Trinajstić information content (AvgIpc) is 3.43. The summed E-state index contributed by atoms with van der Waals surface area (Å²) in [4.78, 5) is 47.1. The summed E-state index contributed by atoms with van der Waals surface area (Å²) in [6.45, 7) is 4.99. The minimum atomic E-state index is -0.561. The fourth-order valence-electron chi connectivity index (χ4n) is 5.27. The van der Waals surface area contributed by atoms with E-state index in [0.717, 1.165) is 37.1 Å². The largest absolute Gasteiger partial charge is 0.459 e. The summed E-state index contributed by atoms with van der Waals surface area (Å²) in [5.74, 6) is 0.150. The van der Waals surface area contributed by atoms with Crippen molar-refractivity contribution < 1.29 is 18.8 Å². The van der Waals surface area contributed by atoms with Gasteiger partial charge in [0.15, 0.2) is 5.76 Å². The van der Waals surface area contributed by atoms with E-state index >= 15 is 0 Å². The molecule has 0 aliphatic carbocycles. The summed E-state index contributed by atoms with van der Waals surface area (Å²) in [6.07, 6.45) is 5.36. The number of hydrogen-bond donors (Lipinski definition) is 0. The summed E-state index contributed by atoms with van der Waals surface area (Å²) < 4.78 is 5.35. The van der Waals surface area contributed by atoms with E-state index in [1.807, 2.05) is 34.1 Å². The molecule has 0 radical (unpaired) electrons. The Kier molecular flexibility index (Phi) is 6.67. The van der Waals surface area contributed by atoms with Gasteiger partial charge in [0.2, 0.25) is 11.8 Å². The monoisotopic (exact) mass is 464 g/mol. The van der Waals surface area contributed by atoms with Crippen LogP contribution in [-0.2, 0) is 22.6 Å². The molecule has 34 heavy (non-hydrogen) atoms. The number of fused-ring (bicyclic) bond motifs is 1. The Bertz CT molecular complexity index is 1020. The third kappa shape index (κ3) is 4.73. The van der Waals surface area contributed by atoms with E-state index < -0.39 is 6.04 Å². The maximum absolute atomic E-state index is 13.6. The van der Waals surface area contributed by atoms with Gasteiger partial charge < -0.3 is 19.1 Å². The van der Waals surface area contributed by atoms with Gasteiger partial charge in [-0.1, -0.05) is 24.3 Å². The minimum absolute atomic E-state index is 0.0311. The van der Waals surface area contributed by atoms with E-state index in [1.165, 1.54) is 12.7 Å². The topological polar surface area (TPSA) is 77.3 Å². The molecule has 0 N–H and O–H groups in total. The second-order valence-electron chi connectivity index (χ2n) is 9.44. The molecule has 8 heteroatoms. The zero-order valence-electron chi connectivity index (χ0n) is 19.5. The third-order valence-corrected chi connectivity index (χ3v) is 7.28. The zero-order valence-corrected chi connectivity index (χ0v) is 19.5. The lowest BCUT2D eigenvalue weighted by Crippen LogP contribution is -2.58. The highest BCUT2D eigenvalue weighted by Gasteiger charge is 2.38. The van der Waals surface area contributed by atoms with Crippen molar-refractivity contribution in [3.63, 3.8) is 0 Å². The molecule has 1 atom stereocenters. The Balaban J connectivity index is 1.24. The molecule has 3 amide bonds. The quantitative estimate of drug-likeness (QED) is 0.692. The van der Waals surface area contributed by atoms with Gasteiger partial charge >= 0.3 is 0 Å². The first-order valence-electron chi connectivity index (χ1n) is 12.3. The SMILES string of the molecule is O=C(CN1CCN(C(=O)C2Cc3ccccc3CN2C(=O)c2ccco2)CC1)N1CCCCC1. The van der Waals surface area contributed by atoms with Crippen LogP contribution in [0.1, 0.15) is 40.9 Å². The van der Waals surface area contributed by atoms with E-state index in [1.54, 1.807) is 17.0 Å². The van der Waals surface area contributed by atoms with Crippen LogP contribution in [0, 0.1) is 0 Å². The van der Waals surface area contributed by atoms with Crippen molar-refractivity contribution in [3.05, 3.63) is 59.5 Å². The lowest BCUT2D eigenvalue weighted by molar-refractivity contribution is -0.139. The maximum Gasteiger partial charge on any atom is 0.290 e. The number of nitrogens with zero attached hydrogens (tertiary/aromatic N) is 4. The van der Waals surface area contributed by atoms with E-state index in [2.05, 4.69) is 4.90 Å². The number of furan rings is 1. The molecule has 180 valence electrons. The van der Waals surface area contributed by atoms with Gasteiger partial charge in [0, 0.05) is 52.2 Å². The number of benzene rings is 1. The van der Waals surface area contributed by atoms with Crippen molar-refractivity contribution in [2.75, 3.05) is 45.8 Å². The summed E-state index contributed by atoms with van der Waals surface area (Å²) in [7, 11) is 0. The molecule has 1 unspecified atom stereocenters. The van der Waals surface area contributed by atoms with E-state index in [0.29, 0.717) is 45.7 Å². The summed E-state index contributed by atoms with van der Waals surface area (Å²) in [6, 6.07) is 10.7. The van der Waals surface area contributed by atoms with Gasteiger partial charge in [0.05, 0.1) is 12.8 Å². The van der Waals surface area contributed by atoms with E-state index in [-0.39, 0.29) is 23.5 Å². The Morgan fingerprint density at radius 3 is 2.26 bits per heavy atom. The molecule has 3 aliphatic rings. The van der Waals surface area contributed by atoms with Crippen LogP contribution in [0.5, 0.6) is 0 Å². The molecule has 1 aromatic heterocycles. The Labute approximate surface area is 200 Å². The predicted molar refractivity (Wildman–Crippen MR) is 126 cm³/mol. The second-order valence-corrected chi connectivity index (χ2v) is 9.44. The normalized spacial score (nSPS) is 21.3. The average molecular weight is 465 g/mol. The number of carbonyl (C=O) groups is 3. The lowest BCUT2D eigenvalue weighted by atomic mass is 9.92. The van der Waals surface area contributed by atoms with Crippen LogP contribution in [0.2, 0.25) is 0 Å². The minimum Gasteiger partial charge on any atom is -0.459 e. The molecule has 2 aromatic rings. The number of likely N-dealkylation sites (tertiary alicyclic amines) is 1. The van der Waals surface area contributed by atoms with E-state index in [4.69, 9.17) is 4.42 Å². The highest BCUT2D eigenvalue weighted by Crippen LogP contribution is 2.27. The number of rotatable bonds is 4. The van der Waals surface area contributed by atoms with Gasteiger partial charge in [0.1, 0.15) is 6.04 Å². The van der Waals surface area contributed by atoms with Crippen LogP contribution < -0.4 is 0 Å². The highest BCUT2D eigenvalue weighted by atomic mass is 16.3. The Morgan fingerprint density at radius 2 is 1.56 bits per heavy atom. The lowest BCUT2D eigenvalue weighted by Gasteiger charge is -2.41. The molecular formula is C26H32N4O4. The molecular weight excluding hydrogens is 432 g/mol. The summed E-state index contributed by atoms with van der Waals surface area (Å²) >= 11 is 0. The van der Waals surface area contributed by atoms with Crippen molar-refractivity contribution in [3.8, 4) is 0 Å². The van der Waals surface area contributed by atoms with Gasteiger partial charge in [-0.3, -0.25) is 19.3 Å². The van der Waals surface area contributed by atoms with Crippen molar-refractivity contribution in [2.45, 2.75) is 38.3 Å². The van der Waals surface area contributed by atoms with Crippen LogP contribution in [-0.4, -0.2) is 89.2 Å². The number of piperidine rings is 1. The highest BCUT2D eigenvalue weighted by molar-refractivity contribution is 5.96. The molecule has 0 saturated carbocycles. The number of hydrogen-bond acceptors (Lipinski definition) is 5. The van der Waals surface area contributed by atoms with Crippen molar-refractivity contribution in [1.29, 1.82) is 0 Å². The first kappa shape index (κ1) is 22.7. The van der Waals surface area contributed by atoms with Gasteiger partial charge in [-0.05, 0) is 42.5 Å². The number of carbonyl (C=O) groups excluding carboxylic acids is 3. The van der Waals surface area contributed by atoms with Crippen LogP contribution in [0.25, 0.3) is 0 Å². The zero-order chi connectivity index (χ0) is 23.5. The van der Waals surface area contributed by atoms with Gasteiger partial charge in [-0.25, -0.2) is 0 Å². The number of amides is 3. The first-order valence-corrected chi connectivity index (χ1v) is 12.3. The Hall–Kier alpha value is -3.13. The maximum atomic E-state index is 13.6. The molecule has 8 nitrogen and oxygen atoms in total. The molecule has 2 fully saturated rings. The van der Waals surface area contributed by atoms with Crippen LogP contribution in [0.3, 0.4) is 0 Å². The first-order chi connectivity index (χ1) is 16.6. The standard InChI is InChI=1S/C26H32N4O4/c31-24(28-10-4-1-5-11-28)19-27-12-14-29(15-13-27)25(32)22-17-20-7-2-3-8-21(20)18-30(22)26(33)23-9-6-16-34-23/h2-3,6-9,16,22H,1,4-5,10-15,17-19H2. The van der Waals surface area contributed by atoms with E-state index in [9.17, 15) is 14.4 Å². The van der Waals surface area contributed by atoms with Gasteiger partial charge in [0.25, 0.3) is 5.91 Å².